The highest BCUT2D eigenvalue weighted by molar-refractivity contribution is 9.10. The van der Waals surface area contributed by atoms with Gasteiger partial charge in [-0.15, -0.1) is 11.3 Å². The first kappa shape index (κ1) is 13.7. The third-order valence-corrected chi connectivity index (χ3v) is 3.96. The zero-order valence-electron chi connectivity index (χ0n) is 9.33. The van der Waals surface area contributed by atoms with Crippen LogP contribution in [-0.2, 0) is 11.3 Å². The van der Waals surface area contributed by atoms with Crippen LogP contribution in [0.1, 0.15) is 31.1 Å². The maximum absolute atomic E-state index is 11.6. The predicted octanol–water partition coefficient (Wildman–Crippen LogP) is 2.64. The van der Waals surface area contributed by atoms with Crippen molar-refractivity contribution in [3.8, 4) is 0 Å². The molecule has 1 amide bonds. The normalized spacial score (nSPS) is 12.4. The van der Waals surface area contributed by atoms with E-state index in [2.05, 4.69) is 28.2 Å². The topological polar surface area (TPSA) is 55.1 Å². The average Bonchev–Trinajstić information content (AvgIpc) is 2.68. The molecule has 1 atom stereocenters. The summed E-state index contributed by atoms with van der Waals surface area (Å²) in [5.41, 5.74) is 5.75. The van der Waals surface area contributed by atoms with Crippen LogP contribution in [0.15, 0.2) is 15.9 Å². The van der Waals surface area contributed by atoms with Gasteiger partial charge in [-0.05, 0) is 28.4 Å². The van der Waals surface area contributed by atoms with Crippen LogP contribution in [0, 0.1) is 0 Å². The molecule has 0 fully saturated rings. The van der Waals surface area contributed by atoms with Gasteiger partial charge in [0.2, 0.25) is 5.91 Å². The molecule has 0 saturated carbocycles. The maximum Gasteiger partial charge on any atom is 0.237 e. The molecule has 0 aliphatic heterocycles. The highest BCUT2D eigenvalue weighted by atomic mass is 79.9. The number of hydrogen-bond acceptors (Lipinski definition) is 3. The Morgan fingerprint density at radius 1 is 1.69 bits per heavy atom. The third-order valence-electron chi connectivity index (χ3n) is 2.26. The number of carbonyl (C=O) groups is 1. The van der Waals surface area contributed by atoms with E-state index in [4.69, 9.17) is 5.73 Å². The van der Waals surface area contributed by atoms with Crippen LogP contribution >= 0.6 is 27.3 Å². The molecular formula is C11H17BrN2OS. The van der Waals surface area contributed by atoms with Gasteiger partial charge in [-0.25, -0.2) is 0 Å². The molecule has 3 N–H and O–H groups in total. The van der Waals surface area contributed by atoms with Crippen LogP contribution in [0.5, 0.6) is 0 Å². The van der Waals surface area contributed by atoms with E-state index in [1.54, 1.807) is 11.3 Å². The number of amides is 1. The predicted molar refractivity (Wildman–Crippen MR) is 71.4 cm³/mol. The van der Waals surface area contributed by atoms with Gasteiger partial charge >= 0.3 is 0 Å². The molecular weight excluding hydrogens is 288 g/mol. The molecule has 1 aromatic rings. The Bertz CT molecular complexity index is 340. The summed E-state index contributed by atoms with van der Waals surface area (Å²) < 4.78 is 1.05. The van der Waals surface area contributed by atoms with Crippen molar-refractivity contribution in [3.63, 3.8) is 0 Å². The Morgan fingerprint density at radius 2 is 2.44 bits per heavy atom. The first-order valence-electron chi connectivity index (χ1n) is 5.39. The van der Waals surface area contributed by atoms with E-state index in [9.17, 15) is 4.79 Å². The molecule has 3 nitrogen and oxygen atoms in total. The zero-order chi connectivity index (χ0) is 12.0. The van der Waals surface area contributed by atoms with Crippen molar-refractivity contribution in [2.24, 2.45) is 5.73 Å². The number of nitrogens with one attached hydrogen (secondary N) is 1. The van der Waals surface area contributed by atoms with Crippen LogP contribution < -0.4 is 11.1 Å². The fourth-order valence-electron chi connectivity index (χ4n) is 1.31. The van der Waals surface area contributed by atoms with Crippen LogP contribution in [0.2, 0.25) is 0 Å². The van der Waals surface area contributed by atoms with Gasteiger partial charge < -0.3 is 11.1 Å². The highest BCUT2D eigenvalue weighted by Crippen LogP contribution is 2.19. The molecule has 1 aromatic heterocycles. The van der Waals surface area contributed by atoms with Crippen molar-refractivity contribution in [2.45, 2.75) is 38.8 Å². The van der Waals surface area contributed by atoms with E-state index in [1.165, 1.54) is 0 Å². The van der Waals surface area contributed by atoms with Gasteiger partial charge in [0, 0.05) is 14.7 Å². The lowest BCUT2D eigenvalue weighted by Crippen LogP contribution is -2.39. The quantitative estimate of drug-likeness (QED) is 0.849. The molecule has 5 heteroatoms. The number of rotatable bonds is 6. The number of thiophene rings is 1. The largest absolute Gasteiger partial charge is 0.350 e. The fourth-order valence-corrected chi connectivity index (χ4v) is 2.70. The smallest absolute Gasteiger partial charge is 0.237 e. The van der Waals surface area contributed by atoms with Crippen molar-refractivity contribution >= 4 is 33.2 Å². The number of unbranched alkanes of at least 4 members (excludes halogenated alkanes) is 1. The van der Waals surface area contributed by atoms with Gasteiger partial charge in [0.05, 0.1) is 12.6 Å². The number of halogens is 1. The van der Waals surface area contributed by atoms with Gasteiger partial charge in [-0.1, -0.05) is 19.8 Å². The van der Waals surface area contributed by atoms with E-state index in [1.807, 2.05) is 11.4 Å². The first-order valence-corrected chi connectivity index (χ1v) is 7.07. The summed E-state index contributed by atoms with van der Waals surface area (Å²) in [6.45, 7) is 2.66. The van der Waals surface area contributed by atoms with Crippen LogP contribution in [0.4, 0.5) is 0 Å². The second-order valence-electron chi connectivity index (χ2n) is 3.70. The summed E-state index contributed by atoms with van der Waals surface area (Å²) in [6, 6.07) is 1.63. The molecule has 0 bridgehead atoms. The Balaban J connectivity index is 2.29. The Kier molecular flexibility index (Phi) is 6.01. The van der Waals surface area contributed by atoms with E-state index >= 15 is 0 Å². The summed E-state index contributed by atoms with van der Waals surface area (Å²) in [7, 11) is 0. The summed E-state index contributed by atoms with van der Waals surface area (Å²) in [6.07, 6.45) is 2.83. The number of carbonyl (C=O) groups excluding carboxylic acids is 1. The van der Waals surface area contributed by atoms with Crippen molar-refractivity contribution in [1.29, 1.82) is 0 Å². The second-order valence-corrected chi connectivity index (χ2v) is 5.61. The lowest BCUT2D eigenvalue weighted by molar-refractivity contribution is -0.122. The summed E-state index contributed by atoms with van der Waals surface area (Å²) in [5, 5.41) is 4.85. The molecule has 0 aliphatic carbocycles. The van der Waals surface area contributed by atoms with Crippen LogP contribution in [-0.4, -0.2) is 11.9 Å². The minimum absolute atomic E-state index is 0.0574. The standard InChI is InChI=1S/C11H17BrN2OS/c1-2-3-4-10(13)11(15)14-6-9-5-8(12)7-16-9/h5,7,10H,2-4,6,13H2,1H3,(H,14,15). The van der Waals surface area contributed by atoms with Crippen LogP contribution in [0.25, 0.3) is 0 Å². The second kappa shape index (κ2) is 7.04. The molecule has 0 saturated heterocycles. The summed E-state index contributed by atoms with van der Waals surface area (Å²) in [5.74, 6) is -0.0574. The molecule has 16 heavy (non-hydrogen) atoms. The van der Waals surface area contributed by atoms with E-state index < -0.39 is 0 Å². The minimum Gasteiger partial charge on any atom is -0.350 e. The van der Waals surface area contributed by atoms with E-state index in [-0.39, 0.29) is 11.9 Å². The Hall–Kier alpha value is -0.390. The third kappa shape index (κ3) is 4.63. The van der Waals surface area contributed by atoms with Gasteiger partial charge in [0.25, 0.3) is 0 Å². The number of hydrogen-bond donors (Lipinski definition) is 2. The fraction of sp³-hybridized carbons (Fsp3) is 0.545. The molecule has 0 aliphatic rings. The van der Waals surface area contributed by atoms with Gasteiger partial charge in [-0.3, -0.25) is 4.79 Å². The Morgan fingerprint density at radius 3 is 3.00 bits per heavy atom. The van der Waals surface area contributed by atoms with Crippen LogP contribution in [0.3, 0.4) is 0 Å². The lowest BCUT2D eigenvalue weighted by Gasteiger charge is -2.10. The SMILES string of the molecule is CCCCC(N)C(=O)NCc1cc(Br)cs1. The molecule has 90 valence electrons. The molecule has 1 heterocycles. The summed E-state index contributed by atoms with van der Waals surface area (Å²) >= 11 is 4.99. The average molecular weight is 305 g/mol. The van der Waals surface area contributed by atoms with E-state index in [0.29, 0.717) is 6.54 Å². The zero-order valence-corrected chi connectivity index (χ0v) is 11.7. The van der Waals surface area contributed by atoms with Gasteiger partial charge in [0.1, 0.15) is 0 Å². The minimum atomic E-state index is -0.372. The molecule has 0 spiro atoms. The lowest BCUT2D eigenvalue weighted by atomic mass is 10.1. The Labute approximate surface area is 109 Å². The number of nitrogens with two attached hydrogens (primary N) is 1. The van der Waals surface area contributed by atoms with Gasteiger partial charge in [0.15, 0.2) is 0 Å². The van der Waals surface area contributed by atoms with Gasteiger partial charge in [-0.2, -0.15) is 0 Å². The first-order chi connectivity index (χ1) is 7.63. The summed E-state index contributed by atoms with van der Waals surface area (Å²) in [4.78, 5) is 12.7. The van der Waals surface area contributed by atoms with Crippen molar-refractivity contribution in [3.05, 3.63) is 20.8 Å². The van der Waals surface area contributed by atoms with Crippen molar-refractivity contribution in [1.82, 2.24) is 5.32 Å². The van der Waals surface area contributed by atoms with Crippen molar-refractivity contribution in [2.75, 3.05) is 0 Å². The van der Waals surface area contributed by atoms with Crippen molar-refractivity contribution < 1.29 is 4.79 Å². The highest BCUT2D eigenvalue weighted by Gasteiger charge is 2.12. The monoisotopic (exact) mass is 304 g/mol. The molecule has 1 unspecified atom stereocenters. The molecule has 1 rings (SSSR count). The molecule has 0 aromatic carbocycles. The molecule has 0 radical (unpaired) electrons. The maximum atomic E-state index is 11.6. The van der Waals surface area contributed by atoms with E-state index in [0.717, 1.165) is 28.6 Å².